The number of hydrogen-bond donors (Lipinski definition) is 0. The maximum absolute atomic E-state index is 4.58. The van der Waals surface area contributed by atoms with Crippen LogP contribution in [-0.2, 0) is 11.8 Å². The van der Waals surface area contributed by atoms with Crippen molar-refractivity contribution in [1.29, 1.82) is 0 Å². The van der Waals surface area contributed by atoms with Gasteiger partial charge >= 0.3 is 0 Å². The second-order valence-corrected chi connectivity index (χ2v) is 5.42. The molecule has 0 saturated heterocycles. The van der Waals surface area contributed by atoms with Crippen LogP contribution in [0, 0.1) is 0 Å². The summed E-state index contributed by atoms with van der Waals surface area (Å²) in [6, 6.07) is 22.6. The van der Waals surface area contributed by atoms with E-state index in [1.54, 1.807) is 0 Å². The van der Waals surface area contributed by atoms with Gasteiger partial charge in [-0.05, 0) is 43.2 Å². The first-order valence-electron chi connectivity index (χ1n) is 7.16. The molecule has 2 aromatic heterocycles. The Hall–Kier alpha value is -2.48. The fourth-order valence-electron chi connectivity index (χ4n) is 2.69. The lowest BCUT2D eigenvalue weighted by Crippen LogP contribution is -2.29. The van der Waals surface area contributed by atoms with Gasteiger partial charge in [-0.1, -0.05) is 42.5 Å². The number of benzene rings is 1. The van der Waals surface area contributed by atoms with E-state index in [2.05, 4.69) is 53.3 Å². The molecule has 0 saturated carbocycles. The van der Waals surface area contributed by atoms with Gasteiger partial charge in [-0.15, -0.1) is 0 Å². The zero-order valence-electron chi connectivity index (χ0n) is 12.1. The van der Waals surface area contributed by atoms with Gasteiger partial charge in [-0.2, -0.15) is 0 Å². The molecule has 0 radical (unpaired) electrons. The Morgan fingerprint density at radius 1 is 0.714 bits per heavy atom. The molecule has 0 unspecified atom stereocenters. The molecule has 2 heteroatoms. The summed E-state index contributed by atoms with van der Waals surface area (Å²) in [4.78, 5) is 9.17. The van der Waals surface area contributed by atoms with E-state index in [1.165, 1.54) is 5.56 Å². The molecule has 0 fully saturated rings. The van der Waals surface area contributed by atoms with Crippen LogP contribution in [-0.4, -0.2) is 9.97 Å². The van der Waals surface area contributed by atoms with Gasteiger partial charge in [0.25, 0.3) is 0 Å². The fraction of sp³-hybridized carbons (Fsp3) is 0.158. The monoisotopic (exact) mass is 274 g/mol. The Labute approximate surface area is 125 Å². The van der Waals surface area contributed by atoms with Crippen LogP contribution in [0.2, 0.25) is 0 Å². The highest BCUT2D eigenvalue weighted by Gasteiger charge is 2.31. The van der Waals surface area contributed by atoms with E-state index in [0.717, 1.165) is 17.8 Å². The average molecular weight is 274 g/mol. The molecule has 2 nitrogen and oxygen atoms in total. The van der Waals surface area contributed by atoms with Crippen LogP contribution in [0.1, 0.15) is 23.9 Å². The first-order valence-corrected chi connectivity index (χ1v) is 7.16. The van der Waals surface area contributed by atoms with Crippen molar-refractivity contribution in [2.75, 3.05) is 0 Å². The van der Waals surface area contributed by atoms with Gasteiger partial charge in [-0.3, -0.25) is 9.97 Å². The molecule has 2 heterocycles. The Morgan fingerprint density at radius 3 is 1.71 bits per heavy atom. The predicted octanol–water partition coefficient (Wildman–Crippen LogP) is 4.03. The summed E-state index contributed by atoms with van der Waals surface area (Å²) in [7, 11) is 0. The van der Waals surface area contributed by atoms with Crippen LogP contribution in [0.3, 0.4) is 0 Å². The van der Waals surface area contributed by atoms with Crippen LogP contribution >= 0.6 is 0 Å². The van der Waals surface area contributed by atoms with Crippen molar-refractivity contribution in [3.63, 3.8) is 0 Å². The van der Waals surface area contributed by atoms with Crippen molar-refractivity contribution in [2.24, 2.45) is 0 Å². The summed E-state index contributed by atoms with van der Waals surface area (Å²) in [5.74, 6) is 0. The van der Waals surface area contributed by atoms with Crippen molar-refractivity contribution >= 4 is 0 Å². The maximum atomic E-state index is 4.58. The minimum atomic E-state index is -0.232. The van der Waals surface area contributed by atoms with E-state index >= 15 is 0 Å². The van der Waals surface area contributed by atoms with Crippen molar-refractivity contribution in [3.8, 4) is 0 Å². The third kappa shape index (κ3) is 2.84. The van der Waals surface area contributed by atoms with Gasteiger partial charge in [0.1, 0.15) is 0 Å². The fourth-order valence-corrected chi connectivity index (χ4v) is 2.69. The first kappa shape index (κ1) is 13.5. The standard InChI is InChI=1S/C19H18N2/c1-19(17-11-5-7-13-20-17,18-12-6-8-14-21-18)15-16-9-3-2-4-10-16/h2-14H,15H2,1H3. The van der Waals surface area contributed by atoms with Crippen molar-refractivity contribution < 1.29 is 0 Å². The summed E-state index contributed by atoms with van der Waals surface area (Å²) in [6.45, 7) is 2.21. The Bertz CT molecular complexity index is 639. The Kier molecular flexibility index (Phi) is 3.78. The SMILES string of the molecule is CC(Cc1ccccc1)(c1ccccn1)c1ccccn1. The number of aromatic nitrogens is 2. The van der Waals surface area contributed by atoms with Crippen LogP contribution in [0.5, 0.6) is 0 Å². The highest BCUT2D eigenvalue weighted by Crippen LogP contribution is 2.32. The molecular weight excluding hydrogens is 256 g/mol. The van der Waals surface area contributed by atoms with Gasteiger partial charge < -0.3 is 0 Å². The predicted molar refractivity (Wildman–Crippen MR) is 85.1 cm³/mol. The second kappa shape index (κ2) is 5.88. The summed E-state index contributed by atoms with van der Waals surface area (Å²) in [6.07, 6.45) is 4.57. The van der Waals surface area contributed by atoms with E-state index in [9.17, 15) is 0 Å². The van der Waals surface area contributed by atoms with Crippen LogP contribution < -0.4 is 0 Å². The van der Waals surface area contributed by atoms with Gasteiger partial charge in [0.2, 0.25) is 0 Å². The van der Waals surface area contributed by atoms with Crippen LogP contribution in [0.25, 0.3) is 0 Å². The molecule has 0 amide bonds. The van der Waals surface area contributed by atoms with E-state index in [4.69, 9.17) is 0 Å². The summed E-state index contributed by atoms with van der Waals surface area (Å²) < 4.78 is 0. The molecule has 3 rings (SSSR count). The molecular formula is C19H18N2. The Morgan fingerprint density at radius 2 is 1.24 bits per heavy atom. The Balaban J connectivity index is 2.07. The van der Waals surface area contributed by atoms with E-state index in [1.807, 2.05) is 42.7 Å². The molecule has 0 spiro atoms. The lowest BCUT2D eigenvalue weighted by Gasteiger charge is -2.28. The average Bonchev–Trinajstić information content (AvgIpc) is 2.57. The summed E-state index contributed by atoms with van der Waals surface area (Å²) in [5.41, 5.74) is 3.15. The van der Waals surface area contributed by atoms with Crippen LogP contribution in [0.15, 0.2) is 79.1 Å². The molecule has 0 aliphatic rings. The minimum Gasteiger partial charge on any atom is -0.260 e. The number of hydrogen-bond acceptors (Lipinski definition) is 2. The maximum Gasteiger partial charge on any atom is 0.0559 e. The lowest BCUT2D eigenvalue weighted by molar-refractivity contribution is 0.531. The molecule has 1 aromatic carbocycles. The molecule has 21 heavy (non-hydrogen) atoms. The third-order valence-electron chi connectivity index (χ3n) is 3.86. The van der Waals surface area contributed by atoms with Gasteiger partial charge in [0.15, 0.2) is 0 Å². The number of rotatable bonds is 4. The van der Waals surface area contributed by atoms with Crippen LogP contribution in [0.4, 0.5) is 0 Å². The highest BCUT2D eigenvalue weighted by molar-refractivity contribution is 5.33. The largest absolute Gasteiger partial charge is 0.260 e. The summed E-state index contributed by atoms with van der Waals surface area (Å²) in [5, 5.41) is 0. The first-order chi connectivity index (χ1) is 10.3. The van der Waals surface area contributed by atoms with Crippen molar-refractivity contribution in [2.45, 2.75) is 18.8 Å². The lowest BCUT2D eigenvalue weighted by atomic mass is 9.77. The quantitative estimate of drug-likeness (QED) is 0.718. The molecule has 104 valence electrons. The van der Waals surface area contributed by atoms with Gasteiger partial charge in [0.05, 0.1) is 16.8 Å². The van der Waals surface area contributed by atoms with Crippen molar-refractivity contribution in [1.82, 2.24) is 9.97 Å². The molecule has 0 bridgehead atoms. The van der Waals surface area contributed by atoms with Crippen molar-refractivity contribution in [3.05, 3.63) is 96.1 Å². The number of nitrogens with zero attached hydrogens (tertiary/aromatic N) is 2. The van der Waals surface area contributed by atoms with E-state index in [0.29, 0.717) is 0 Å². The molecule has 0 aliphatic heterocycles. The second-order valence-electron chi connectivity index (χ2n) is 5.42. The van der Waals surface area contributed by atoms with E-state index < -0.39 is 0 Å². The van der Waals surface area contributed by atoms with E-state index in [-0.39, 0.29) is 5.41 Å². The van der Waals surface area contributed by atoms with Gasteiger partial charge in [-0.25, -0.2) is 0 Å². The third-order valence-corrected chi connectivity index (χ3v) is 3.86. The summed E-state index contributed by atoms with van der Waals surface area (Å²) >= 11 is 0. The zero-order chi connectivity index (χ0) is 14.5. The molecule has 0 N–H and O–H groups in total. The highest BCUT2D eigenvalue weighted by atomic mass is 14.8. The molecule has 0 aliphatic carbocycles. The molecule has 3 aromatic rings. The normalized spacial score (nSPS) is 11.3. The topological polar surface area (TPSA) is 25.8 Å². The molecule has 0 atom stereocenters. The zero-order valence-corrected chi connectivity index (χ0v) is 12.1. The minimum absolute atomic E-state index is 0.232. The smallest absolute Gasteiger partial charge is 0.0559 e. The number of pyridine rings is 2. The van der Waals surface area contributed by atoms with Gasteiger partial charge in [0, 0.05) is 12.4 Å².